The summed E-state index contributed by atoms with van der Waals surface area (Å²) in [5.41, 5.74) is 0.432. The molecule has 2 rings (SSSR count). The summed E-state index contributed by atoms with van der Waals surface area (Å²) in [4.78, 5) is 15.8. The average Bonchev–Trinajstić information content (AvgIpc) is 2.54. The van der Waals surface area contributed by atoms with Gasteiger partial charge in [-0.15, -0.1) is 0 Å². The van der Waals surface area contributed by atoms with Crippen LogP contribution in [-0.4, -0.2) is 23.8 Å². The van der Waals surface area contributed by atoms with Gasteiger partial charge in [0.2, 0.25) is 5.91 Å². The number of carbonyl (C=O) groups is 1. The molecule has 134 valence electrons. The van der Waals surface area contributed by atoms with Gasteiger partial charge in [-0.1, -0.05) is 35.5 Å². The third-order valence-electron chi connectivity index (χ3n) is 3.19. The molecule has 0 saturated carbocycles. The topological polar surface area (TPSA) is 51.2 Å². The SMILES string of the molecule is COc1cccc(C)c1NC(=O)CSc1ncc(C(F)(F)F)cc1Cl. The van der Waals surface area contributed by atoms with Crippen LogP contribution >= 0.6 is 23.4 Å². The molecule has 1 aromatic heterocycles. The Morgan fingerprint density at radius 3 is 2.72 bits per heavy atom. The fourth-order valence-corrected chi connectivity index (χ4v) is 2.96. The number of aromatic nitrogens is 1. The van der Waals surface area contributed by atoms with Crippen LogP contribution in [0.15, 0.2) is 35.5 Å². The number of pyridine rings is 1. The maximum Gasteiger partial charge on any atom is 0.417 e. The second kappa shape index (κ2) is 7.97. The Morgan fingerprint density at radius 1 is 1.40 bits per heavy atom. The zero-order valence-electron chi connectivity index (χ0n) is 13.3. The lowest BCUT2D eigenvalue weighted by atomic mass is 10.2. The standard InChI is InChI=1S/C16H14ClF3N2O2S/c1-9-4-3-5-12(24-2)14(9)22-13(23)8-25-15-11(17)6-10(7-21-15)16(18,19)20/h3-7H,8H2,1-2H3,(H,22,23). The fraction of sp³-hybridized carbons (Fsp3) is 0.250. The number of amides is 1. The number of rotatable bonds is 5. The van der Waals surface area contributed by atoms with Gasteiger partial charge in [0.15, 0.2) is 0 Å². The lowest BCUT2D eigenvalue weighted by Gasteiger charge is -2.13. The number of anilines is 1. The number of ether oxygens (including phenoxy) is 1. The van der Waals surface area contributed by atoms with Crippen LogP contribution in [0.25, 0.3) is 0 Å². The van der Waals surface area contributed by atoms with Crippen LogP contribution in [0.1, 0.15) is 11.1 Å². The minimum atomic E-state index is -4.52. The molecule has 0 aliphatic rings. The number of methoxy groups -OCH3 is 1. The maximum absolute atomic E-state index is 12.6. The largest absolute Gasteiger partial charge is 0.495 e. The summed E-state index contributed by atoms with van der Waals surface area (Å²) in [5, 5.41) is 2.72. The Kier molecular flexibility index (Phi) is 6.18. The molecular weight excluding hydrogens is 377 g/mol. The Labute approximate surface area is 151 Å². The minimum Gasteiger partial charge on any atom is -0.495 e. The van der Waals surface area contributed by atoms with Crippen molar-refractivity contribution in [1.82, 2.24) is 4.98 Å². The van der Waals surface area contributed by atoms with Crippen LogP contribution in [0.2, 0.25) is 5.02 Å². The van der Waals surface area contributed by atoms with Crippen molar-refractivity contribution in [3.05, 3.63) is 46.6 Å². The zero-order valence-corrected chi connectivity index (χ0v) is 14.9. The van der Waals surface area contributed by atoms with E-state index < -0.39 is 11.7 Å². The predicted octanol–water partition coefficient (Wildman–Crippen LogP) is 4.80. The van der Waals surface area contributed by atoms with Gasteiger partial charge in [-0.25, -0.2) is 4.98 Å². The van der Waals surface area contributed by atoms with Crippen molar-refractivity contribution in [2.24, 2.45) is 0 Å². The van der Waals surface area contributed by atoms with E-state index in [0.717, 1.165) is 23.4 Å². The summed E-state index contributed by atoms with van der Waals surface area (Å²) in [5.74, 6) is 0.106. The quantitative estimate of drug-likeness (QED) is 0.745. The molecule has 1 N–H and O–H groups in total. The molecule has 1 aromatic carbocycles. The smallest absolute Gasteiger partial charge is 0.417 e. The Balaban J connectivity index is 2.04. The molecule has 0 radical (unpaired) electrons. The molecule has 0 fully saturated rings. The van der Waals surface area contributed by atoms with Crippen molar-refractivity contribution in [3.8, 4) is 5.75 Å². The summed E-state index contributed by atoms with van der Waals surface area (Å²) in [6.45, 7) is 1.82. The van der Waals surface area contributed by atoms with E-state index in [0.29, 0.717) is 17.6 Å². The molecule has 4 nitrogen and oxygen atoms in total. The summed E-state index contributed by atoms with van der Waals surface area (Å²) < 4.78 is 42.9. The molecular formula is C16H14ClF3N2O2S. The number of alkyl halides is 3. The molecule has 0 spiro atoms. The van der Waals surface area contributed by atoms with Crippen LogP contribution in [0.3, 0.4) is 0 Å². The molecule has 0 aliphatic heterocycles. The molecule has 0 unspecified atom stereocenters. The molecule has 25 heavy (non-hydrogen) atoms. The van der Waals surface area contributed by atoms with Crippen molar-refractivity contribution in [1.29, 1.82) is 0 Å². The summed E-state index contributed by atoms with van der Waals surface area (Å²) in [7, 11) is 1.49. The number of benzene rings is 1. The number of halogens is 4. The van der Waals surface area contributed by atoms with Crippen LogP contribution in [0.5, 0.6) is 5.75 Å². The Hall–Kier alpha value is -1.93. The highest BCUT2D eigenvalue weighted by Crippen LogP contribution is 2.34. The minimum absolute atomic E-state index is 0.0599. The highest BCUT2D eigenvalue weighted by Gasteiger charge is 2.31. The number of thioether (sulfide) groups is 1. The number of hydrogen-bond donors (Lipinski definition) is 1. The summed E-state index contributed by atoms with van der Waals surface area (Å²) in [6, 6.07) is 6.12. The molecule has 0 saturated heterocycles. The third-order valence-corrected chi connectivity index (χ3v) is 4.60. The van der Waals surface area contributed by atoms with E-state index in [-0.39, 0.29) is 21.7 Å². The first-order valence-corrected chi connectivity index (χ1v) is 8.37. The summed E-state index contributed by atoms with van der Waals surface area (Å²) in [6.07, 6.45) is -3.82. The van der Waals surface area contributed by atoms with Crippen LogP contribution in [-0.2, 0) is 11.0 Å². The van der Waals surface area contributed by atoms with Crippen molar-refractivity contribution < 1.29 is 22.7 Å². The molecule has 2 aromatic rings. The normalized spacial score (nSPS) is 11.3. The molecule has 0 bridgehead atoms. The number of carbonyl (C=O) groups excluding carboxylic acids is 1. The van der Waals surface area contributed by atoms with Gasteiger partial charge in [-0.2, -0.15) is 13.2 Å². The third kappa shape index (κ3) is 5.02. The van der Waals surface area contributed by atoms with E-state index in [9.17, 15) is 18.0 Å². The van der Waals surface area contributed by atoms with Crippen LogP contribution < -0.4 is 10.1 Å². The second-order valence-electron chi connectivity index (χ2n) is 5.00. The molecule has 0 aliphatic carbocycles. The predicted molar refractivity (Wildman–Crippen MR) is 91.3 cm³/mol. The van der Waals surface area contributed by atoms with E-state index in [1.165, 1.54) is 7.11 Å². The van der Waals surface area contributed by atoms with E-state index in [4.69, 9.17) is 16.3 Å². The van der Waals surface area contributed by atoms with E-state index in [2.05, 4.69) is 10.3 Å². The number of nitrogens with zero attached hydrogens (tertiary/aromatic N) is 1. The van der Waals surface area contributed by atoms with Crippen molar-refractivity contribution in [3.63, 3.8) is 0 Å². The first kappa shape index (κ1) is 19.4. The van der Waals surface area contributed by atoms with Gasteiger partial charge in [-0.05, 0) is 24.6 Å². The molecule has 1 heterocycles. The Bertz CT molecular complexity index is 784. The van der Waals surface area contributed by atoms with Gasteiger partial charge in [0.1, 0.15) is 10.8 Å². The monoisotopic (exact) mass is 390 g/mol. The molecule has 9 heteroatoms. The van der Waals surface area contributed by atoms with Gasteiger partial charge in [0.25, 0.3) is 0 Å². The van der Waals surface area contributed by atoms with Crippen molar-refractivity contribution in [2.75, 3.05) is 18.2 Å². The zero-order chi connectivity index (χ0) is 18.6. The summed E-state index contributed by atoms with van der Waals surface area (Å²) >= 11 is 6.77. The van der Waals surface area contributed by atoms with E-state index >= 15 is 0 Å². The number of aryl methyl sites for hydroxylation is 1. The van der Waals surface area contributed by atoms with Gasteiger partial charge >= 0.3 is 6.18 Å². The fourth-order valence-electron chi connectivity index (χ4n) is 1.97. The van der Waals surface area contributed by atoms with Crippen LogP contribution in [0, 0.1) is 6.92 Å². The van der Waals surface area contributed by atoms with Gasteiger partial charge in [0.05, 0.1) is 29.1 Å². The Morgan fingerprint density at radius 2 is 2.12 bits per heavy atom. The maximum atomic E-state index is 12.6. The van der Waals surface area contributed by atoms with E-state index in [1.807, 2.05) is 13.0 Å². The highest BCUT2D eigenvalue weighted by molar-refractivity contribution is 8.00. The van der Waals surface area contributed by atoms with E-state index in [1.54, 1.807) is 12.1 Å². The lowest BCUT2D eigenvalue weighted by molar-refractivity contribution is -0.137. The number of para-hydroxylation sites is 1. The van der Waals surface area contributed by atoms with Crippen LogP contribution in [0.4, 0.5) is 18.9 Å². The first-order valence-electron chi connectivity index (χ1n) is 7.01. The lowest BCUT2D eigenvalue weighted by Crippen LogP contribution is -2.15. The average molecular weight is 391 g/mol. The first-order chi connectivity index (χ1) is 11.7. The van der Waals surface area contributed by atoms with Gasteiger partial charge in [0, 0.05) is 6.20 Å². The number of nitrogens with one attached hydrogen (secondary N) is 1. The highest BCUT2D eigenvalue weighted by atomic mass is 35.5. The molecule has 1 amide bonds. The van der Waals surface area contributed by atoms with Gasteiger partial charge < -0.3 is 10.1 Å². The van der Waals surface area contributed by atoms with Crippen molar-refractivity contribution in [2.45, 2.75) is 18.1 Å². The molecule has 0 atom stereocenters. The van der Waals surface area contributed by atoms with Gasteiger partial charge in [-0.3, -0.25) is 4.79 Å². The van der Waals surface area contributed by atoms with Crippen molar-refractivity contribution >= 4 is 35.0 Å². The number of hydrogen-bond acceptors (Lipinski definition) is 4. The second-order valence-corrected chi connectivity index (χ2v) is 6.37.